The molecule has 5 rings (SSSR count). The van der Waals surface area contributed by atoms with Crippen molar-refractivity contribution < 1.29 is 5.11 Å². The summed E-state index contributed by atoms with van der Waals surface area (Å²) in [5, 5.41) is 14.5. The monoisotopic (exact) mass is 258 g/mol. The smallest absolute Gasteiger partial charge is 0.0670 e. The first-order valence-corrected chi connectivity index (χ1v) is 7.52. The Kier molecular flexibility index (Phi) is 2.52. The van der Waals surface area contributed by atoms with Gasteiger partial charge in [0.05, 0.1) is 11.3 Å². The molecule has 0 amide bonds. The van der Waals surface area contributed by atoms with Crippen LogP contribution in [0.2, 0.25) is 0 Å². The maximum Gasteiger partial charge on any atom is 0.0670 e. The maximum atomic E-state index is 10.7. The number of nitrogens with one attached hydrogen (secondary N) is 1. The first-order valence-electron chi connectivity index (χ1n) is 7.52. The third-order valence-corrected chi connectivity index (χ3v) is 5.40. The molecular formula is C16H22N2O. The van der Waals surface area contributed by atoms with Gasteiger partial charge in [0.2, 0.25) is 0 Å². The van der Waals surface area contributed by atoms with E-state index in [1.54, 1.807) is 0 Å². The van der Waals surface area contributed by atoms with Gasteiger partial charge in [-0.25, -0.2) is 0 Å². The topological polar surface area (TPSA) is 45.1 Å². The summed E-state index contributed by atoms with van der Waals surface area (Å²) in [6, 6.07) is 6.07. The Labute approximate surface area is 114 Å². The molecule has 0 spiro atoms. The number of aromatic nitrogens is 1. The zero-order valence-electron chi connectivity index (χ0n) is 11.3. The summed E-state index contributed by atoms with van der Waals surface area (Å²) in [5.41, 5.74) is 0.905. The Morgan fingerprint density at radius 1 is 1.21 bits per heavy atom. The van der Waals surface area contributed by atoms with Crippen LogP contribution in [-0.2, 0) is 6.54 Å². The summed E-state index contributed by atoms with van der Waals surface area (Å²) in [5.74, 6) is 1.48. The normalized spacial score (nSPS) is 43.6. The van der Waals surface area contributed by atoms with Gasteiger partial charge in [-0.15, -0.1) is 0 Å². The predicted molar refractivity (Wildman–Crippen MR) is 73.4 cm³/mol. The highest BCUT2D eigenvalue weighted by Gasteiger charge is 2.56. The van der Waals surface area contributed by atoms with E-state index in [1.807, 2.05) is 18.3 Å². The molecule has 4 saturated carbocycles. The summed E-state index contributed by atoms with van der Waals surface area (Å²) in [6.45, 7) is 0.830. The van der Waals surface area contributed by atoms with Gasteiger partial charge in [0.15, 0.2) is 0 Å². The van der Waals surface area contributed by atoms with Gasteiger partial charge < -0.3 is 10.4 Å². The second-order valence-electron chi connectivity index (χ2n) is 7.14. The maximum absolute atomic E-state index is 10.7. The summed E-state index contributed by atoms with van der Waals surface area (Å²) in [4.78, 5) is 4.39. The van der Waals surface area contributed by atoms with Gasteiger partial charge in [0.1, 0.15) is 0 Å². The minimum absolute atomic E-state index is 0.177. The predicted octanol–water partition coefficient (Wildman–Crippen LogP) is 2.25. The van der Waals surface area contributed by atoms with Crippen molar-refractivity contribution in [1.82, 2.24) is 10.3 Å². The van der Waals surface area contributed by atoms with Gasteiger partial charge in [-0.2, -0.15) is 0 Å². The van der Waals surface area contributed by atoms with Crippen molar-refractivity contribution in [3.8, 4) is 0 Å². The minimum atomic E-state index is -0.374. The molecule has 0 saturated heterocycles. The lowest BCUT2D eigenvalue weighted by Crippen LogP contribution is -2.64. The molecule has 2 atom stereocenters. The average molecular weight is 258 g/mol. The molecule has 0 radical (unpaired) electrons. The van der Waals surface area contributed by atoms with Crippen LogP contribution in [0.4, 0.5) is 0 Å². The van der Waals surface area contributed by atoms with Gasteiger partial charge in [-0.3, -0.25) is 4.98 Å². The fraction of sp³-hybridized carbons (Fsp3) is 0.688. The van der Waals surface area contributed by atoms with Gasteiger partial charge in [-0.1, -0.05) is 6.07 Å². The Hall–Kier alpha value is -0.930. The van der Waals surface area contributed by atoms with Crippen LogP contribution in [0.25, 0.3) is 0 Å². The van der Waals surface area contributed by atoms with Crippen LogP contribution in [0, 0.1) is 11.8 Å². The van der Waals surface area contributed by atoms with Gasteiger partial charge in [0, 0.05) is 18.3 Å². The molecule has 3 heteroatoms. The van der Waals surface area contributed by atoms with Crippen LogP contribution in [-0.4, -0.2) is 21.2 Å². The van der Waals surface area contributed by atoms with E-state index in [2.05, 4.69) is 16.4 Å². The van der Waals surface area contributed by atoms with Crippen molar-refractivity contribution in [3.05, 3.63) is 30.1 Å². The molecule has 0 aromatic carbocycles. The largest absolute Gasteiger partial charge is 0.390 e. The average Bonchev–Trinajstić information content (AvgIpc) is 2.35. The number of hydrogen-bond donors (Lipinski definition) is 2. The molecule has 19 heavy (non-hydrogen) atoms. The third-order valence-electron chi connectivity index (χ3n) is 5.40. The van der Waals surface area contributed by atoms with Crippen LogP contribution in [0.1, 0.15) is 44.2 Å². The number of hydrogen-bond acceptors (Lipinski definition) is 3. The van der Waals surface area contributed by atoms with Crippen LogP contribution in [0.5, 0.6) is 0 Å². The van der Waals surface area contributed by atoms with Crippen LogP contribution >= 0.6 is 0 Å². The highest BCUT2D eigenvalue weighted by molar-refractivity contribution is 5.13. The molecule has 4 fully saturated rings. The SMILES string of the molecule is OC12C[C@H]3C[C@H](C1)CC(NCc1ccccn1)(C3)C2. The Bertz CT molecular complexity index is 459. The first kappa shape index (κ1) is 11.9. The number of aliphatic hydroxyl groups is 1. The zero-order chi connectivity index (χ0) is 12.9. The van der Waals surface area contributed by atoms with Crippen LogP contribution in [0.15, 0.2) is 24.4 Å². The van der Waals surface area contributed by atoms with E-state index < -0.39 is 0 Å². The molecule has 1 aromatic heterocycles. The van der Waals surface area contributed by atoms with E-state index in [-0.39, 0.29) is 11.1 Å². The van der Waals surface area contributed by atoms with Gasteiger partial charge in [0.25, 0.3) is 0 Å². The van der Waals surface area contributed by atoms with Crippen molar-refractivity contribution in [1.29, 1.82) is 0 Å². The molecular weight excluding hydrogens is 236 g/mol. The van der Waals surface area contributed by atoms with Crippen LogP contribution < -0.4 is 5.32 Å². The van der Waals surface area contributed by atoms with Gasteiger partial charge in [-0.05, 0) is 62.5 Å². The lowest BCUT2D eigenvalue weighted by molar-refractivity contribution is -0.142. The Morgan fingerprint density at radius 3 is 2.63 bits per heavy atom. The molecule has 1 aromatic rings. The Morgan fingerprint density at radius 2 is 2.00 bits per heavy atom. The lowest BCUT2D eigenvalue weighted by atomic mass is 9.51. The summed E-state index contributed by atoms with van der Waals surface area (Å²) in [6.07, 6.45) is 8.71. The fourth-order valence-corrected chi connectivity index (χ4v) is 5.20. The lowest BCUT2D eigenvalue weighted by Gasteiger charge is -2.60. The molecule has 102 valence electrons. The van der Waals surface area contributed by atoms with E-state index in [0.717, 1.165) is 43.3 Å². The fourth-order valence-electron chi connectivity index (χ4n) is 5.20. The van der Waals surface area contributed by atoms with Crippen molar-refractivity contribution in [3.63, 3.8) is 0 Å². The Balaban J connectivity index is 1.51. The van der Waals surface area contributed by atoms with E-state index in [1.165, 1.54) is 19.3 Å². The van der Waals surface area contributed by atoms with E-state index in [0.29, 0.717) is 0 Å². The van der Waals surface area contributed by atoms with E-state index in [4.69, 9.17) is 0 Å². The van der Waals surface area contributed by atoms with Crippen LogP contribution in [0.3, 0.4) is 0 Å². The molecule has 0 unspecified atom stereocenters. The highest BCUT2D eigenvalue weighted by Crippen LogP contribution is 2.57. The molecule has 4 aliphatic carbocycles. The second-order valence-corrected chi connectivity index (χ2v) is 7.14. The number of nitrogens with zero attached hydrogens (tertiary/aromatic N) is 1. The second kappa shape index (κ2) is 4.03. The molecule has 0 aliphatic heterocycles. The van der Waals surface area contributed by atoms with E-state index >= 15 is 0 Å². The molecule has 3 nitrogen and oxygen atoms in total. The first-order chi connectivity index (χ1) is 9.15. The van der Waals surface area contributed by atoms with Crippen molar-refractivity contribution >= 4 is 0 Å². The number of pyridine rings is 1. The number of rotatable bonds is 3. The van der Waals surface area contributed by atoms with Gasteiger partial charge >= 0.3 is 0 Å². The highest BCUT2D eigenvalue weighted by atomic mass is 16.3. The summed E-state index contributed by atoms with van der Waals surface area (Å²) >= 11 is 0. The minimum Gasteiger partial charge on any atom is -0.390 e. The molecule has 1 heterocycles. The van der Waals surface area contributed by atoms with Crippen molar-refractivity contribution in [2.45, 2.75) is 56.2 Å². The zero-order valence-corrected chi connectivity index (χ0v) is 11.3. The van der Waals surface area contributed by atoms with Crippen molar-refractivity contribution in [2.24, 2.45) is 11.8 Å². The quantitative estimate of drug-likeness (QED) is 0.874. The summed E-state index contributed by atoms with van der Waals surface area (Å²) < 4.78 is 0. The summed E-state index contributed by atoms with van der Waals surface area (Å²) in [7, 11) is 0. The molecule has 2 N–H and O–H groups in total. The van der Waals surface area contributed by atoms with Crippen molar-refractivity contribution in [2.75, 3.05) is 0 Å². The van der Waals surface area contributed by atoms with E-state index in [9.17, 15) is 5.11 Å². The molecule has 4 bridgehead atoms. The molecule has 4 aliphatic rings. The standard InChI is InChI=1S/C16H22N2O/c19-16-8-12-5-13(9-16)7-15(6-12,11-16)18-10-14-3-1-2-4-17-14/h1-4,12-13,18-19H,5-11H2/t12-,13-,15?,16?/m0/s1. The third kappa shape index (κ3) is 2.09.